The summed E-state index contributed by atoms with van der Waals surface area (Å²) < 4.78 is 11.0. The van der Waals surface area contributed by atoms with Gasteiger partial charge in [0.15, 0.2) is 0 Å². The quantitative estimate of drug-likeness (QED) is 0.211. The van der Waals surface area contributed by atoms with E-state index in [0.29, 0.717) is 0 Å². The lowest BCUT2D eigenvalue weighted by molar-refractivity contribution is 0.669. The van der Waals surface area contributed by atoms with Gasteiger partial charge < -0.3 is 13.6 Å². The highest BCUT2D eigenvalue weighted by atomic mass is 16.3. The van der Waals surface area contributed by atoms with E-state index in [1.54, 1.807) is 0 Å². The second-order valence-corrected chi connectivity index (χ2v) is 11.3. The number of hydrogen-bond acceptors (Lipinski definition) is 1. The first kappa shape index (κ1) is 22.8. The van der Waals surface area contributed by atoms with E-state index in [0.717, 1.165) is 27.6 Å². The fourth-order valence-corrected chi connectivity index (χ4v) is 7.30. The maximum Gasteiger partial charge on any atom is 0.135 e. The smallest absolute Gasteiger partial charge is 0.135 e. The molecule has 3 heteroatoms. The number of fused-ring (bicyclic) bond motifs is 12. The van der Waals surface area contributed by atoms with E-state index in [1.165, 1.54) is 60.1 Å². The lowest BCUT2D eigenvalue weighted by Gasteiger charge is -2.10. The van der Waals surface area contributed by atoms with Crippen molar-refractivity contribution in [3.63, 3.8) is 0 Å². The molecule has 7 aromatic carbocycles. The summed E-state index contributed by atoms with van der Waals surface area (Å²) in [6.07, 6.45) is 0. The van der Waals surface area contributed by atoms with Crippen LogP contribution in [0.15, 0.2) is 150 Å². The van der Waals surface area contributed by atoms with Crippen LogP contribution in [0.5, 0.6) is 0 Å². The SMILES string of the molecule is c1ccc(-n2c3ccc4c(c5ccccc5n4-c4ccc5oc6ccccc6c5c4)c3c3ccc4ccccc4c32)cc1. The highest BCUT2D eigenvalue weighted by molar-refractivity contribution is 6.31. The molecule has 0 unspecified atom stereocenters. The van der Waals surface area contributed by atoms with Crippen molar-refractivity contribution < 1.29 is 4.42 Å². The van der Waals surface area contributed by atoms with Gasteiger partial charge in [-0.25, -0.2) is 0 Å². The summed E-state index contributed by atoms with van der Waals surface area (Å²) in [5.74, 6) is 0. The van der Waals surface area contributed by atoms with Crippen molar-refractivity contribution in [3.8, 4) is 11.4 Å². The average molecular weight is 549 g/mol. The number of nitrogens with zero attached hydrogens (tertiary/aromatic N) is 2. The Hall–Kier alpha value is -5.80. The van der Waals surface area contributed by atoms with E-state index < -0.39 is 0 Å². The van der Waals surface area contributed by atoms with E-state index in [4.69, 9.17) is 4.42 Å². The molecule has 3 heterocycles. The molecule has 0 radical (unpaired) electrons. The second-order valence-electron chi connectivity index (χ2n) is 11.3. The topological polar surface area (TPSA) is 23.0 Å². The Balaban J connectivity index is 1.39. The van der Waals surface area contributed by atoms with Gasteiger partial charge in [0, 0.05) is 49.1 Å². The third-order valence-electron chi connectivity index (χ3n) is 9.08. The molecule has 0 aliphatic rings. The van der Waals surface area contributed by atoms with Gasteiger partial charge in [-0.3, -0.25) is 0 Å². The van der Waals surface area contributed by atoms with Gasteiger partial charge in [0.2, 0.25) is 0 Å². The Bertz CT molecular complexity index is 2720. The van der Waals surface area contributed by atoms with Crippen LogP contribution in [0.25, 0.3) is 87.7 Å². The molecular weight excluding hydrogens is 524 g/mol. The lowest BCUT2D eigenvalue weighted by atomic mass is 10.0. The van der Waals surface area contributed by atoms with Gasteiger partial charge in [0.1, 0.15) is 11.2 Å². The minimum absolute atomic E-state index is 0.908. The van der Waals surface area contributed by atoms with Crippen LogP contribution in [0.4, 0.5) is 0 Å². The van der Waals surface area contributed by atoms with Crippen LogP contribution >= 0.6 is 0 Å². The molecule has 3 nitrogen and oxygen atoms in total. The molecule has 3 aromatic heterocycles. The molecule has 0 N–H and O–H groups in total. The van der Waals surface area contributed by atoms with Crippen molar-refractivity contribution in [1.82, 2.24) is 9.13 Å². The molecule has 10 aromatic rings. The van der Waals surface area contributed by atoms with Crippen molar-refractivity contribution in [2.75, 3.05) is 0 Å². The van der Waals surface area contributed by atoms with Gasteiger partial charge in [-0.05, 0) is 60.0 Å². The largest absolute Gasteiger partial charge is 0.456 e. The van der Waals surface area contributed by atoms with Crippen LogP contribution in [0, 0.1) is 0 Å². The highest BCUT2D eigenvalue weighted by Gasteiger charge is 2.22. The Kier molecular flexibility index (Phi) is 4.45. The second kappa shape index (κ2) is 8.37. The van der Waals surface area contributed by atoms with E-state index in [9.17, 15) is 0 Å². The number of para-hydroxylation sites is 3. The van der Waals surface area contributed by atoms with Crippen LogP contribution < -0.4 is 0 Å². The van der Waals surface area contributed by atoms with Crippen LogP contribution in [-0.4, -0.2) is 9.13 Å². The first-order chi connectivity index (χ1) is 21.3. The Morgan fingerprint density at radius 2 is 1.05 bits per heavy atom. The summed E-state index contributed by atoms with van der Waals surface area (Å²) in [4.78, 5) is 0. The maximum absolute atomic E-state index is 6.17. The summed E-state index contributed by atoms with van der Waals surface area (Å²) in [5.41, 5.74) is 8.96. The van der Waals surface area contributed by atoms with E-state index in [2.05, 4.69) is 143 Å². The zero-order chi connectivity index (χ0) is 28.1. The molecule has 0 fully saturated rings. The van der Waals surface area contributed by atoms with Crippen LogP contribution in [0.2, 0.25) is 0 Å². The van der Waals surface area contributed by atoms with E-state index in [1.807, 2.05) is 12.1 Å². The summed E-state index contributed by atoms with van der Waals surface area (Å²) in [5, 5.41) is 9.85. The first-order valence-electron chi connectivity index (χ1n) is 14.7. The summed E-state index contributed by atoms with van der Waals surface area (Å²) in [6.45, 7) is 0. The minimum Gasteiger partial charge on any atom is -0.456 e. The fourth-order valence-electron chi connectivity index (χ4n) is 7.30. The monoisotopic (exact) mass is 548 g/mol. The Morgan fingerprint density at radius 1 is 0.372 bits per heavy atom. The standard InChI is InChI=1S/C40H24N2O/c1-2-11-26(12-3-1)42-35-22-21-34-38(39(35)31-20-18-25-10-4-5-13-28(25)40(31)42)30-15-6-8-16-33(30)41(34)27-19-23-37-32(24-27)29-14-7-9-17-36(29)43-37/h1-24H. The van der Waals surface area contributed by atoms with Gasteiger partial charge in [-0.2, -0.15) is 0 Å². The van der Waals surface area contributed by atoms with Crippen molar-refractivity contribution in [1.29, 1.82) is 0 Å². The molecule has 200 valence electrons. The number of furan rings is 1. The van der Waals surface area contributed by atoms with Gasteiger partial charge in [0.05, 0.1) is 22.1 Å². The third-order valence-corrected chi connectivity index (χ3v) is 9.08. The van der Waals surface area contributed by atoms with Crippen molar-refractivity contribution in [3.05, 3.63) is 146 Å². The third kappa shape index (κ3) is 3.03. The Labute approximate surface area is 246 Å². The fraction of sp³-hybridized carbons (Fsp3) is 0. The maximum atomic E-state index is 6.17. The summed E-state index contributed by atoms with van der Waals surface area (Å²) in [6, 6.07) is 52.3. The number of hydrogen-bond donors (Lipinski definition) is 0. The van der Waals surface area contributed by atoms with Crippen LogP contribution in [0.3, 0.4) is 0 Å². The number of rotatable bonds is 2. The number of benzene rings is 7. The molecule has 0 saturated heterocycles. The zero-order valence-corrected chi connectivity index (χ0v) is 23.2. The molecule has 43 heavy (non-hydrogen) atoms. The lowest BCUT2D eigenvalue weighted by Crippen LogP contribution is -1.95. The average Bonchev–Trinajstić information content (AvgIpc) is 3.72. The molecule has 0 atom stereocenters. The van der Waals surface area contributed by atoms with Gasteiger partial charge in [-0.15, -0.1) is 0 Å². The van der Waals surface area contributed by atoms with Crippen molar-refractivity contribution >= 4 is 76.3 Å². The molecule has 0 spiro atoms. The first-order valence-corrected chi connectivity index (χ1v) is 14.7. The van der Waals surface area contributed by atoms with Gasteiger partial charge in [0.25, 0.3) is 0 Å². The van der Waals surface area contributed by atoms with Crippen molar-refractivity contribution in [2.24, 2.45) is 0 Å². The minimum atomic E-state index is 0.908. The Morgan fingerprint density at radius 3 is 1.93 bits per heavy atom. The summed E-state index contributed by atoms with van der Waals surface area (Å²) in [7, 11) is 0. The molecular formula is C40H24N2O. The normalized spacial score (nSPS) is 12.2. The van der Waals surface area contributed by atoms with E-state index in [-0.39, 0.29) is 0 Å². The molecule has 0 bridgehead atoms. The zero-order valence-electron chi connectivity index (χ0n) is 23.2. The van der Waals surface area contributed by atoms with Gasteiger partial charge >= 0.3 is 0 Å². The molecule has 10 rings (SSSR count). The summed E-state index contributed by atoms with van der Waals surface area (Å²) >= 11 is 0. The van der Waals surface area contributed by atoms with Crippen LogP contribution in [0.1, 0.15) is 0 Å². The molecule has 0 amide bonds. The highest BCUT2D eigenvalue weighted by Crippen LogP contribution is 2.44. The molecule has 0 aliphatic heterocycles. The van der Waals surface area contributed by atoms with Crippen LogP contribution in [-0.2, 0) is 0 Å². The van der Waals surface area contributed by atoms with Gasteiger partial charge in [-0.1, -0.05) is 91.0 Å². The van der Waals surface area contributed by atoms with Crippen molar-refractivity contribution in [2.45, 2.75) is 0 Å². The predicted molar refractivity (Wildman–Crippen MR) is 180 cm³/mol. The number of aromatic nitrogens is 2. The van der Waals surface area contributed by atoms with E-state index >= 15 is 0 Å². The molecule has 0 saturated carbocycles. The molecule has 0 aliphatic carbocycles. The predicted octanol–water partition coefficient (Wildman–Crippen LogP) is 10.9.